The Labute approximate surface area is 133 Å². The van der Waals surface area contributed by atoms with Crippen LogP contribution in [0.15, 0.2) is 43.0 Å². The second-order valence-corrected chi connectivity index (χ2v) is 5.72. The van der Waals surface area contributed by atoms with E-state index in [9.17, 15) is 4.79 Å². The van der Waals surface area contributed by atoms with E-state index in [2.05, 4.69) is 19.9 Å². The molecule has 0 aliphatic carbocycles. The first kappa shape index (κ1) is 13.9. The van der Waals surface area contributed by atoms with Crippen LogP contribution in [-0.2, 0) is 11.2 Å². The highest BCUT2D eigenvalue weighted by Gasteiger charge is 2.47. The zero-order valence-electron chi connectivity index (χ0n) is 12.6. The van der Waals surface area contributed by atoms with Crippen LogP contribution in [0.3, 0.4) is 0 Å². The summed E-state index contributed by atoms with van der Waals surface area (Å²) in [5.41, 5.74) is 0.979. The fourth-order valence-corrected chi connectivity index (χ4v) is 3.18. The van der Waals surface area contributed by atoms with Crippen LogP contribution in [0, 0.1) is 0 Å². The first-order valence-electron chi connectivity index (χ1n) is 7.69. The number of pyridine rings is 1. The lowest BCUT2D eigenvalue weighted by molar-refractivity contribution is 0.136. The van der Waals surface area contributed by atoms with Gasteiger partial charge < -0.3 is 9.64 Å². The lowest BCUT2D eigenvalue weighted by atomic mass is 10.2. The molecule has 0 saturated carbocycles. The molecule has 23 heavy (non-hydrogen) atoms. The first-order chi connectivity index (χ1) is 11.3. The summed E-state index contributed by atoms with van der Waals surface area (Å²) in [5, 5.41) is 0. The summed E-state index contributed by atoms with van der Waals surface area (Å²) in [6, 6.07) is 5.88. The number of hydrogen-bond acceptors (Lipinski definition) is 6. The third kappa shape index (κ3) is 2.69. The predicted octanol–water partition coefficient (Wildman–Crippen LogP) is 1.12. The van der Waals surface area contributed by atoms with E-state index in [1.165, 1.54) is 0 Å². The van der Waals surface area contributed by atoms with Crippen molar-refractivity contribution in [2.24, 2.45) is 0 Å². The molecule has 2 atom stereocenters. The molecule has 2 saturated heterocycles. The third-order valence-corrected chi connectivity index (χ3v) is 4.33. The van der Waals surface area contributed by atoms with Gasteiger partial charge in [0.15, 0.2) is 0 Å². The minimum absolute atomic E-state index is 0.0632. The van der Waals surface area contributed by atoms with Gasteiger partial charge in [-0.05, 0) is 12.1 Å². The maximum absolute atomic E-state index is 12.1. The average Bonchev–Trinajstić information content (AvgIpc) is 3.12. The Morgan fingerprint density at radius 2 is 2.13 bits per heavy atom. The lowest BCUT2D eigenvalue weighted by Gasteiger charge is -2.22. The molecule has 7 heteroatoms. The summed E-state index contributed by atoms with van der Waals surface area (Å²) in [6.45, 7) is 2.00. The van der Waals surface area contributed by atoms with Crippen LogP contribution >= 0.6 is 0 Å². The SMILES string of the molecule is O=C1O[C@@H]2CN(c3cnccn3)C[C@@H]2N1CCc1ccccn1. The summed E-state index contributed by atoms with van der Waals surface area (Å²) in [5.74, 6) is 0.822. The van der Waals surface area contributed by atoms with Gasteiger partial charge in [-0.3, -0.25) is 14.9 Å². The van der Waals surface area contributed by atoms with E-state index in [-0.39, 0.29) is 18.2 Å². The van der Waals surface area contributed by atoms with Gasteiger partial charge in [-0.1, -0.05) is 6.07 Å². The number of nitrogens with zero attached hydrogens (tertiary/aromatic N) is 5. The molecule has 0 unspecified atom stereocenters. The Balaban J connectivity index is 1.44. The Morgan fingerprint density at radius 3 is 2.91 bits per heavy atom. The van der Waals surface area contributed by atoms with E-state index in [0.717, 1.165) is 24.5 Å². The quantitative estimate of drug-likeness (QED) is 0.843. The van der Waals surface area contributed by atoms with Crippen molar-refractivity contribution >= 4 is 11.9 Å². The maximum atomic E-state index is 12.1. The number of rotatable bonds is 4. The van der Waals surface area contributed by atoms with E-state index in [4.69, 9.17) is 4.74 Å². The zero-order valence-corrected chi connectivity index (χ0v) is 12.6. The van der Waals surface area contributed by atoms with Crippen LogP contribution in [0.2, 0.25) is 0 Å². The van der Waals surface area contributed by atoms with Crippen molar-refractivity contribution in [1.82, 2.24) is 19.9 Å². The van der Waals surface area contributed by atoms with Gasteiger partial charge in [0.1, 0.15) is 11.9 Å². The molecule has 2 aromatic heterocycles. The van der Waals surface area contributed by atoms with Gasteiger partial charge in [-0.15, -0.1) is 0 Å². The molecule has 2 fully saturated rings. The van der Waals surface area contributed by atoms with Gasteiger partial charge in [0.2, 0.25) is 0 Å². The number of ether oxygens (including phenoxy) is 1. The molecule has 2 aliphatic heterocycles. The van der Waals surface area contributed by atoms with Crippen LogP contribution in [-0.4, -0.2) is 57.7 Å². The molecular formula is C16H17N5O2. The largest absolute Gasteiger partial charge is 0.442 e. The van der Waals surface area contributed by atoms with Crippen LogP contribution in [0.4, 0.5) is 10.6 Å². The Bertz CT molecular complexity index is 681. The highest BCUT2D eigenvalue weighted by molar-refractivity contribution is 5.71. The fourth-order valence-electron chi connectivity index (χ4n) is 3.18. The summed E-state index contributed by atoms with van der Waals surface area (Å²) in [6.07, 6.45) is 7.23. The second-order valence-electron chi connectivity index (χ2n) is 5.72. The zero-order chi connectivity index (χ0) is 15.6. The molecule has 0 aromatic carbocycles. The molecule has 0 bridgehead atoms. The van der Waals surface area contributed by atoms with Gasteiger partial charge in [0, 0.05) is 43.8 Å². The van der Waals surface area contributed by atoms with E-state index >= 15 is 0 Å². The maximum Gasteiger partial charge on any atom is 0.410 e. The predicted molar refractivity (Wildman–Crippen MR) is 82.9 cm³/mol. The van der Waals surface area contributed by atoms with Gasteiger partial charge in [-0.2, -0.15) is 0 Å². The van der Waals surface area contributed by atoms with Crippen molar-refractivity contribution in [3.05, 3.63) is 48.7 Å². The lowest BCUT2D eigenvalue weighted by Crippen LogP contribution is -2.39. The van der Waals surface area contributed by atoms with Crippen molar-refractivity contribution in [2.45, 2.75) is 18.6 Å². The summed E-state index contributed by atoms with van der Waals surface area (Å²) >= 11 is 0. The number of amides is 1. The first-order valence-corrected chi connectivity index (χ1v) is 7.69. The highest BCUT2D eigenvalue weighted by atomic mass is 16.6. The highest BCUT2D eigenvalue weighted by Crippen LogP contribution is 2.29. The van der Waals surface area contributed by atoms with Crippen LogP contribution in [0.25, 0.3) is 0 Å². The molecule has 2 aromatic rings. The monoisotopic (exact) mass is 311 g/mol. The summed E-state index contributed by atoms with van der Waals surface area (Å²) < 4.78 is 5.51. The van der Waals surface area contributed by atoms with Crippen molar-refractivity contribution < 1.29 is 9.53 Å². The second kappa shape index (κ2) is 5.83. The van der Waals surface area contributed by atoms with Crippen molar-refractivity contribution in [3.63, 3.8) is 0 Å². The van der Waals surface area contributed by atoms with Gasteiger partial charge in [-0.25, -0.2) is 9.78 Å². The van der Waals surface area contributed by atoms with E-state index in [1.807, 2.05) is 23.1 Å². The number of carbonyl (C=O) groups is 1. The fraction of sp³-hybridized carbons (Fsp3) is 0.375. The van der Waals surface area contributed by atoms with E-state index in [1.54, 1.807) is 24.8 Å². The minimum Gasteiger partial charge on any atom is -0.442 e. The third-order valence-electron chi connectivity index (χ3n) is 4.33. The molecule has 0 N–H and O–H groups in total. The standard InChI is InChI=1S/C16H17N5O2/c22-16-21(8-4-12-3-1-2-5-18-12)13-10-20(11-14(13)23-16)15-9-17-6-7-19-15/h1-3,5-7,9,13-14H,4,8,10-11H2/t13-,14+/m0/s1. The molecular weight excluding hydrogens is 294 g/mol. The van der Waals surface area contributed by atoms with Gasteiger partial charge >= 0.3 is 6.09 Å². The van der Waals surface area contributed by atoms with Crippen molar-refractivity contribution in [3.8, 4) is 0 Å². The van der Waals surface area contributed by atoms with E-state index in [0.29, 0.717) is 13.1 Å². The Morgan fingerprint density at radius 1 is 1.17 bits per heavy atom. The summed E-state index contributed by atoms with van der Waals surface area (Å²) in [7, 11) is 0. The smallest absolute Gasteiger partial charge is 0.410 e. The normalized spacial score (nSPS) is 23.0. The number of hydrogen-bond donors (Lipinski definition) is 0. The molecule has 118 valence electrons. The molecule has 4 rings (SSSR count). The van der Waals surface area contributed by atoms with Crippen LogP contribution < -0.4 is 4.90 Å². The van der Waals surface area contributed by atoms with Crippen molar-refractivity contribution in [2.75, 3.05) is 24.5 Å². The minimum atomic E-state index is -0.227. The topological polar surface area (TPSA) is 71.5 Å². The number of carbonyl (C=O) groups excluding carboxylic acids is 1. The Kier molecular flexibility index (Phi) is 3.53. The average molecular weight is 311 g/mol. The molecule has 0 radical (unpaired) electrons. The number of aromatic nitrogens is 3. The van der Waals surface area contributed by atoms with E-state index < -0.39 is 0 Å². The number of anilines is 1. The summed E-state index contributed by atoms with van der Waals surface area (Å²) in [4.78, 5) is 28.7. The number of fused-ring (bicyclic) bond motifs is 1. The van der Waals surface area contributed by atoms with Crippen LogP contribution in [0.5, 0.6) is 0 Å². The Hall–Kier alpha value is -2.70. The molecule has 0 spiro atoms. The van der Waals surface area contributed by atoms with Crippen LogP contribution in [0.1, 0.15) is 5.69 Å². The molecule has 7 nitrogen and oxygen atoms in total. The molecule has 2 aliphatic rings. The molecule has 4 heterocycles. The van der Waals surface area contributed by atoms with Gasteiger partial charge in [0.25, 0.3) is 0 Å². The van der Waals surface area contributed by atoms with Gasteiger partial charge in [0.05, 0.1) is 18.8 Å². The molecule has 1 amide bonds. The van der Waals surface area contributed by atoms with Crippen molar-refractivity contribution in [1.29, 1.82) is 0 Å².